The Bertz CT molecular complexity index is 474. The molecule has 15 heavy (non-hydrogen) atoms. The maximum absolute atomic E-state index is 5.65. The molecule has 2 nitrogen and oxygen atoms in total. The summed E-state index contributed by atoms with van der Waals surface area (Å²) in [4.78, 5) is 0. The molecular weight excluding hydrogens is 204 g/mol. The molecule has 0 unspecified atom stereocenters. The van der Waals surface area contributed by atoms with Crippen molar-refractivity contribution in [3.63, 3.8) is 0 Å². The van der Waals surface area contributed by atoms with E-state index in [-0.39, 0.29) is 0 Å². The van der Waals surface area contributed by atoms with E-state index in [1.54, 1.807) is 0 Å². The van der Waals surface area contributed by atoms with E-state index >= 15 is 0 Å². The fourth-order valence-corrected chi connectivity index (χ4v) is 2.25. The van der Waals surface area contributed by atoms with Crippen molar-refractivity contribution in [3.8, 4) is 0 Å². The summed E-state index contributed by atoms with van der Waals surface area (Å²) >= 11 is 4.35. The van der Waals surface area contributed by atoms with Crippen LogP contribution in [0, 0.1) is 0 Å². The van der Waals surface area contributed by atoms with E-state index in [0.29, 0.717) is 6.54 Å². The van der Waals surface area contributed by atoms with Crippen LogP contribution in [0.2, 0.25) is 0 Å². The molecule has 0 radical (unpaired) electrons. The van der Waals surface area contributed by atoms with Crippen LogP contribution in [-0.2, 0) is 18.8 Å². The molecule has 2 rings (SSSR count). The lowest BCUT2D eigenvalue weighted by Crippen LogP contribution is -2.00. The lowest BCUT2D eigenvalue weighted by atomic mass is 10.1. The van der Waals surface area contributed by atoms with Crippen molar-refractivity contribution in [2.75, 3.05) is 0 Å². The first-order valence-electron chi connectivity index (χ1n) is 5.22. The Labute approximate surface area is 95.5 Å². The number of aryl methyl sites for hydroxylation is 1. The van der Waals surface area contributed by atoms with E-state index in [0.717, 1.165) is 12.3 Å². The smallest absolute Gasteiger partial charge is 0.0485 e. The Balaban J connectivity index is 2.67. The zero-order valence-corrected chi connectivity index (χ0v) is 9.80. The molecule has 1 heterocycles. The Morgan fingerprint density at radius 2 is 2.13 bits per heavy atom. The molecule has 0 aliphatic heterocycles. The van der Waals surface area contributed by atoms with Crippen LogP contribution < -0.4 is 5.73 Å². The van der Waals surface area contributed by atoms with Gasteiger partial charge in [0, 0.05) is 30.1 Å². The second-order valence-electron chi connectivity index (χ2n) is 3.64. The molecule has 2 aromatic rings. The maximum atomic E-state index is 5.65. The zero-order valence-electron chi connectivity index (χ0n) is 8.90. The minimum absolute atomic E-state index is 0.598. The van der Waals surface area contributed by atoms with Crippen LogP contribution in [0.4, 0.5) is 0 Å². The number of nitrogens with zero attached hydrogens (tertiary/aromatic N) is 1. The highest BCUT2D eigenvalue weighted by molar-refractivity contribution is 7.79. The van der Waals surface area contributed by atoms with Gasteiger partial charge in [-0.3, -0.25) is 0 Å². The zero-order chi connectivity index (χ0) is 10.8. The van der Waals surface area contributed by atoms with E-state index < -0.39 is 0 Å². The van der Waals surface area contributed by atoms with Gasteiger partial charge in [0.2, 0.25) is 0 Å². The predicted molar refractivity (Wildman–Crippen MR) is 68.2 cm³/mol. The molecule has 0 fully saturated rings. The molecule has 0 saturated carbocycles. The van der Waals surface area contributed by atoms with Gasteiger partial charge in [-0.25, -0.2) is 0 Å². The quantitative estimate of drug-likeness (QED) is 0.765. The van der Waals surface area contributed by atoms with Crippen LogP contribution in [0.15, 0.2) is 24.3 Å². The molecule has 0 bridgehead atoms. The first kappa shape index (κ1) is 10.6. The number of fused-ring (bicyclic) bond motifs is 1. The van der Waals surface area contributed by atoms with Crippen LogP contribution in [0.25, 0.3) is 10.9 Å². The number of aromatic nitrogens is 1. The first-order chi connectivity index (χ1) is 7.30. The molecule has 0 saturated heterocycles. The SMILES string of the molecule is CCn1c(CS)cc2ccc(CN)cc21. The summed E-state index contributed by atoms with van der Waals surface area (Å²) in [6, 6.07) is 8.60. The Morgan fingerprint density at radius 3 is 2.73 bits per heavy atom. The van der Waals surface area contributed by atoms with Gasteiger partial charge in [-0.15, -0.1) is 0 Å². The second-order valence-corrected chi connectivity index (χ2v) is 3.95. The Morgan fingerprint density at radius 1 is 1.33 bits per heavy atom. The second kappa shape index (κ2) is 4.29. The van der Waals surface area contributed by atoms with Crippen LogP contribution >= 0.6 is 12.6 Å². The molecule has 0 aliphatic rings. The monoisotopic (exact) mass is 220 g/mol. The van der Waals surface area contributed by atoms with Crippen molar-refractivity contribution < 1.29 is 0 Å². The lowest BCUT2D eigenvalue weighted by Gasteiger charge is -2.06. The largest absolute Gasteiger partial charge is 0.344 e. The molecule has 80 valence electrons. The van der Waals surface area contributed by atoms with Gasteiger partial charge >= 0.3 is 0 Å². The van der Waals surface area contributed by atoms with Crippen molar-refractivity contribution in [2.24, 2.45) is 5.73 Å². The van der Waals surface area contributed by atoms with Crippen molar-refractivity contribution in [3.05, 3.63) is 35.5 Å². The minimum atomic E-state index is 0.598. The van der Waals surface area contributed by atoms with Gasteiger partial charge in [-0.2, -0.15) is 12.6 Å². The molecule has 0 aliphatic carbocycles. The fraction of sp³-hybridized carbons (Fsp3) is 0.333. The molecule has 0 amide bonds. The van der Waals surface area contributed by atoms with E-state index in [1.807, 2.05) is 0 Å². The molecule has 1 aromatic heterocycles. The van der Waals surface area contributed by atoms with E-state index in [2.05, 4.69) is 48.4 Å². The molecular formula is C12H16N2S. The summed E-state index contributed by atoms with van der Waals surface area (Å²) in [6.45, 7) is 3.73. The maximum Gasteiger partial charge on any atom is 0.0485 e. The van der Waals surface area contributed by atoms with Gasteiger partial charge in [0.05, 0.1) is 0 Å². The Kier molecular flexibility index (Phi) is 3.03. The number of hydrogen-bond donors (Lipinski definition) is 2. The van der Waals surface area contributed by atoms with Gasteiger partial charge in [0.15, 0.2) is 0 Å². The number of hydrogen-bond acceptors (Lipinski definition) is 2. The summed E-state index contributed by atoms with van der Waals surface area (Å²) in [7, 11) is 0. The van der Waals surface area contributed by atoms with Crippen LogP contribution in [0.3, 0.4) is 0 Å². The standard InChI is InChI=1S/C12H16N2S/c1-2-14-11(8-15)6-10-4-3-9(7-13)5-12(10)14/h3-6,15H,2,7-8,13H2,1H3. The van der Waals surface area contributed by atoms with Gasteiger partial charge < -0.3 is 10.3 Å². The summed E-state index contributed by atoms with van der Waals surface area (Å²) in [5, 5.41) is 1.28. The highest BCUT2D eigenvalue weighted by Crippen LogP contribution is 2.22. The van der Waals surface area contributed by atoms with E-state index in [9.17, 15) is 0 Å². The number of rotatable bonds is 3. The third kappa shape index (κ3) is 1.77. The van der Waals surface area contributed by atoms with Crippen molar-refractivity contribution in [1.29, 1.82) is 0 Å². The van der Waals surface area contributed by atoms with Crippen molar-refractivity contribution in [1.82, 2.24) is 4.57 Å². The van der Waals surface area contributed by atoms with Gasteiger partial charge in [-0.1, -0.05) is 12.1 Å². The van der Waals surface area contributed by atoms with Crippen LogP contribution in [0.1, 0.15) is 18.2 Å². The first-order valence-corrected chi connectivity index (χ1v) is 5.85. The number of benzene rings is 1. The molecule has 2 N–H and O–H groups in total. The van der Waals surface area contributed by atoms with Gasteiger partial charge in [0.25, 0.3) is 0 Å². The van der Waals surface area contributed by atoms with Gasteiger partial charge in [0.1, 0.15) is 0 Å². The summed E-state index contributed by atoms with van der Waals surface area (Å²) in [6.07, 6.45) is 0. The van der Waals surface area contributed by atoms with Crippen LogP contribution in [0.5, 0.6) is 0 Å². The van der Waals surface area contributed by atoms with E-state index in [1.165, 1.54) is 22.2 Å². The molecule has 1 aromatic carbocycles. The average molecular weight is 220 g/mol. The Hall–Kier alpha value is -0.930. The average Bonchev–Trinajstić information content (AvgIpc) is 2.65. The molecule has 3 heteroatoms. The minimum Gasteiger partial charge on any atom is -0.344 e. The highest BCUT2D eigenvalue weighted by atomic mass is 32.1. The topological polar surface area (TPSA) is 30.9 Å². The summed E-state index contributed by atoms with van der Waals surface area (Å²) < 4.78 is 2.29. The van der Waals surface area contributed by atoms with E-state index in [4.69, 9.17) is 5.73 Å². The summed E-state index contributed by atoms with van der Waals surface area (Å²) in [5.74, 6) is 0.778. The van der Waals surface area contributed by atoms with Crippen molar-refractivity contribution in [2.45, 2.75) is 25.8 Å². The predicted octanol–water partition coefficient (Wildman–Crippen LogP) is 2.55. The highest BCUT2D eigenvalue weighted by Gasteiger charge is 2.06. The fourth-order valence-electron chi connectivity index (χ4n) is 1.99. The third-order valence-corrected chi connectivity index (χ3v) is 3.09. The third-order valence-electron chi connectivity index (χ3n) is 2.77. The number of thiol groups is 1. The van der Waals surface area contributed by atoms with Crippen molar-refractivity contribution >= 4 is 23.5 Å². The molecule has 0 spiro atoms. The molecule has 0 atom stereocenters. The normalized spacial score (nSPS) is 11.1. The van der Waals surface area contributed by atoms with Crippen LogP contribution in [-0.4, -0.2) is 4.57 Å². The summed E-state index contributed by atoms with van der Waals surface area (Å²) in [5.41, 5.74) is 9.37. The number of nitrogens with two attached hydrogens (primary N) is 1. The lowest BCUT2D eigenvalue weighted by molar-refractivity contribution is 0.765. The van der Waals surface area contributed by atoms with Gasteiger partial charge in [-0.05, 0) is 30.0 Å².